The molecule has 0 aliphatic carbocycles. The van der Waals surface area contributed by atoms with Crippen molar-refractivity contribution >= 4 is 17.6 Å². The van der Waals surface area contributed by atoms with Crippen LogP contribution in [-0.2, 0) is 17.9 Å². The Labute approximate surface area is 209 Å². The minimum absolute atomic E-state index is 0.0476. The maximum atomic E-state index is 14.8. The fraction of sp³-hybridized carbons (Fsp3) is 0.346. The number of aromatic nitrogens is 1. The lowest BCUT2D eigenvalue weighted by Gasteiger charge is -2.31. The van der Waals surface area contributed by atoms with E-state index in [-0.39, 0.29) is 37.1 Å². The van der Waals surface area contributed by atoms with Gasteiger partial charge in [0.15, 0.2) is 23.3 Å². The van der Waals surface area contributed by atoms with Crippen molar-refractivity contribution in [2.24, 2.45) is 0 Å². The Bertz CT molecular complexity index is 1100. The van der Waals surface area contributed by atoms with Gasteiger partial charge in [0.2, 0.25) is 0 Å². The van der Waals surface area contributed by atoms with Crippen molar-refractivity contribution in [2.75, 3.05) is 13.2 Å². The van der Waals surface area contributed by atoms with Crippen molar-refractivity contribution in [2.45, 2.75) is 45.3 Å². The van der Waals surface area contributed by atoms with E-state index in [9.17, 15) is 24.5 Å². The summed E-state index contributed by atoms with van der Waals surface area (Å²) < 4.78 is 21.5. The Hall–Kier alpha value is -3.23. The Morgan fingerprint density at radius 3 is 2.40 bits per heavy atom. The summed E-state index contributed by atoms with van der Waals surface area (Å²) in [6.07, 6.45) is 1.71. The van der Waals surface area contributed by atoms with E-state index in [1.165, 1.54) is 28.8 Å². The van der Waals surface area contributed by atoms with Gasteiger partial charge in [0.05, 0.1) is 13.0 Å². The summed E-state index contributed by atoms with van der Waals surface area (Å²) in [6, 6.07) is 14.1. The van der Waals surface area contributed by atoms with Gasteiger partial charge in [-0.3, -0.25) is 14.3 Å². The normalized spacial score (nSPS) is 12.1. The van der Waals surface area contributed by atoms with Crippen molar-refractivity contribution in [3.63, 3.8) is 0 Å². The van der Waals surface area contributed by atoms with E-state index in [1.807, 2.05) is 17.0 Å². The molecular weight excluding hydrogens is 475 g/mol. The number of aromatic hydroxyl groups is 2. The lowest BCUT2D eigenvalue weighted by atomic mass is 10.0. The number of carboxylic acid groups (broad SMARTS) is 1. The average Bonchev–Trinajstić information content (AvgIpc) is 3.14. The second-order valence-electron chi connectivity index (χ2n) is 8.30. The van der Waals surface area contributed by atoms with Gasteiger partial charge in [-0.2, -0.15) is 0 Å². The monoisotopic (exact) mass is 504 g/mol. The van der Waals surface area contributed by atoms with Gasteiger partial charge < -0.3 is 20.1 Å². The summed E-state index contributed by atoms with van der Waals surface area (Å²) in [6.45, 7) is 3.27. The van der Waals surface area contributed by atoms with Crippen molar-refractivity contribution in [3.05, 3.63) is 76.6 Å². The third-order valence-electron chi connectivity index (χ3n) is 5.75. The molecule has 3 aromatic rings. The number of halogens is 2. The van der Waals surface area contributed by atoms with Crippen LogP contribution in [0.2, 0.25) is 5.02 Å². The van der Waals surface area contributed by atoms with Crippen LogP contribution in [0, 0.1) is 5.82 Å². The molecule has 1 atom stereocenters. The van der Waals surface area contributed by atoms with Gasteiger partial charge in [0.25, 0.3) is 0 Å². The molecule has 35 heavy (non-hydrogen) atoms. The molecule has 9 heteroatoms. The Kier molecular flexibility index (Phi) is 9.39. The van der Waals surface area contributed by atoms with Gasteiger partial charge in [0.1, 0.15) is 6.61 Å². The first-order valence-electron chi connectivity index (χ1n) is 11.5. The minimum atomic E-state index is -0.916. The van der Waals surface area contributed by atoms with E-state index in [2.05, 4.69) is 6.92 Å². The largest absolute Gasteiger partial charge is 0.494 e. The lowest BCUT2D eigenvalue weighted by molar-refractivity contribution is -0.138. The van der Waals surface area contributed by atoms with E-state index in [0.29, 0.717) is 23.7 Å². The molecule has 0 bridgehead atoms. The number of ether oxygens (including phenoxy) is 1. The molecule has 2 aromatic carbocycles. The molecule has 0 amide bonds. The lowest BCUT2D eigenvalue weighted by Crippen LogP contribution is -2.31. The molecule has 1 unspecified atom stereocenters. The third-order valence-corrected chi connectivity index (χ3v) is 6.00. The molecule has 0 fully saturated rings. The summed E-state index contributed by atoms with van der Waals surface area (Å²) in [5, 5.41) is 29.5. The number of hydrogen-bond donors (Lipinski definition) is 3. The van der Waals surface area contributed by atoms with Crippen LogP contribution in [0.3, 0.4) is 0 Å². The molecule has 1 heterocycles. The van der Waals surface area contributed by atoms with Crippen LogP contribution in [0.25, 0.3) is 0 Å². The van der Waals surface area contributed by atoms with Crippen molar-refractivity contribution < 1.29 is 29.2 Å². The first-order chi connectivity index (χ1) is 16.8. The average molecular weight is 505 g/mol. The van der Waals surface area contributed by atoms with Crippen LogP contribution >= 0.6 is 11.6 Å². The molecular formula is C26H30ClFN2O5. The molecule has 0 saturated carbocycles. The van der Waals surface area contributed by atoms with E-state index in [1.54, 1.807) is 18.2 Å². The van der Waals surface area contributed by atoms with Gasteiger partial charge >= 0.3 is 5.97 Å². The molecule has 0 radical (unpaired) electrons. The highest BCUT2D eigenvalue weighted by Crippen LogP contribution is 2.29. The summed E-state index contributed by atoms with van der Waals surface area (Å²) in [5.74, 6) is -1.61. The highest BCUT2D eigenvalue weighted by atomic mass is 35.5. The summed E-state index contributed by atoms with van der Waals surface area (Å²) in [4.78, 5) is 13.7. The van der Waals surface area contributed by atoms with Crippen molar-refractivity contribution in [1.29, 1.82) is 0 Å². The molecule has 0 spiro atoms. The minimum Gasteiger partial charge on any atom is -0.494 e. The van der Waals surface area contributed by atoms with Crippen molar-refractivity contribution in [3.8, 4) is 17.5 Å². The molecule has 0 aliphatic rings. The van der Waals surface area contributed by atoms with Crippen molar-refractivity contribution in [1.82, 2.24) is 9.47 Å². The second-order valence-corrected chi connectivity index (χ2v) is 8.74. The van der Waals surface area contributed by atoms with Crippen LogP contribution in [0.5, 0.6) is 17.5 Å². The topological polar surface area (TPSA) is 95.2 Å². The summed E-state index contributed by atoms with van der Waals surface area (Å²) in [7, 11) is 0. The van der Waals surface area contributed by atoms with Gasteiger partial charge in [-0.05, 0) is 48.4 Å². The fourth-order valence-electron chi connectivity index (χ4n) is 3.93. The number of carboxylic acids is 1. The first-order valence-corrected chi connectivity index (χ1v) is 11.9. The molecule has 0 saturated heterocycles. The van der Waals surface area contributed by atoms with Crippen LogP contribution in [0.15, 0.2) is 54.6 Å². The third kappa shape index (κ3) is 7.37. The SMILES string of the molecule is CCCCN(Cc1ccc(OCCn2c(O)ccc2O)c(F)c1)C(CC(=O)O)c1ccc(Cl)cc1. The summed E-state index contributed by atoms with van der Waals surface area (Å²) >= 11 is 6.02. The predicted molar refractivity (Wildman–Crippen MR) is 131 cm³/mol. The molecule has 1 aromatic heterocycles. The van der Waals surface area contributed by atoms with Crippen LogP contribution in [-0.4, -0.2) is 43.9 Å². The van der Waals surface area contributed by atoms with E-state index in [4.69, 9.17) is 16.3 Å². The van der Waals surface area contributed by atoms with Gasteiger partial charge in [-0.25, -0.2) is 4.39 Å². The Morgan fingerprint density at radius 1 is 1.11 bits per heavy atom. The standard InChI is InChI=1S/C26H30ClFN2O5/c1-2-3-12-29(22(16-26(33)34)19-5-7-20(27)8-6-19)17-18-4-9-23(21(28)15-18)35-14-13-30-24(31)10-11-25(30)32/h4-11,15,22,31-32H,2-3,12-14,16-17H2,1H3,(H,33,34). The number of aliphatic carboxylic acids is 1. The number of benzene rings is 2. The zero-order valence-corrected chi connectivity index (χ0v) is 20.3. The molecule has 3 rings (SSSR count). The van der Waals surface area contributed by atoms with Crippen LogP contribution in [0.1, 0.15) is 43.4 Å². The van der Waals surface area contributed by atoms with E-state index >= 15 is 0 Å². The van der Waals surface area contributed by atoms with Crippen LogP contribution in [0.4, 0.5) is 4.39 Å². The predicted octanol–water partition coefficient (Wildman–Crippen LogP) is 5.59. The maximum absolute atomic E-state index is 14.8. The quantitative estimate of drug-likeness (QED) is 0.281. The fourth-order valence-corrected chi connectivity index (χ4v) is 4.06. The molecule has 3 N–H and O–H groups in total. The van der Waals surface area contributed by atoms with Crippen LogP contribution < -0.4 is 4.74 Å². The highest BCUT2D eigenvalue weighted by molar-refractivity contribution is 6.30. The maximum Gasteiger partial charge on any atom is 0.305 e. The highest BCUT2D eigenvalue weighted by Gasteiger charge is 2.24. The number of nitrogens with zero attached hydrogens (tertiary/aromatic N) is 2. The Morgan fingerprint density at radius 2 is 1.80 bits per heavy atom. The molecule has 7 nitrogen and oxygen atoms in total. The smallest absolute Gasteiger partial charge is 0.305 e. The van der Waals surface area contributed by atoms with E-state index in [0.717, 1.165) is 18.4 Å². The number of hydrogen-bond acceptors (Lipinski definition) is 5. The van der Waals surface area contributed by atoms with E-state index < -0.39 is 17.8 Å². The molecule has 188 valence electrons. The number of rotatable bonds is 13. The Balaban J connectivity index is 1.73. The van der Waals surface area contributed by atoms with Gasteiger partial charge in [-0.1, -0.05) is 43.1 Å². The molecule has 0 aliphatic heterocycles. The summed E-state index contributed by atoms with van der Waals surface area (Å²) in [5.41, 5.74) is 1.53. The second kappa shape index (κ2) is 12.5. The van der Waals surface area contributed by atoms with Gasteiger partial charge in [0, 0.05) is 29.7 Å². The van der Waals surface area contributed by atoms with Gasteiger partial charge in [-0.15, -0.1) is 0 Å². The zero-order chi connectivity index (χ0) is 25.4. The first kappa shape index (κ1) is 26.4. The number of unbranched alkanes of at least 4 members (excludes halogenated alkanes) is 1. The number of carbonyl (C=O) groups is 1. The zero-order valence-electron chi connectivity index (χ0n) is 19.5.